The largest absolute Gasteiger partial charge is 0.419 e. The number of likely N-dealkylation sites (tertiary alicyclic amines) is 1. The number of aromatic nitrogens is 5. The molecule has 0 atom stereocenters. The second-order valence-corrected chi connectivity index (χ2v) is 7.08. The second-order valence-electron chi connectivity index (χ2n) is 7.08. The molecular weight excluding hydrogens is 359 g/mol. The molecule has 0 radical (unpaired) electrons. The number of imidazole rings is 1. The average Bonchev–Trinajstić information content (AvgIpc) is 3.36. The quantitative estimate of drug-likeness (QED) is 0.585. The van der Waals surface area contributed by atoms with Crippen molar-refractivity contribution in [2.24, 2.45) is 0 Å². The van der Waals surface area contributed by atoms with Crippen LogP contribution in [0, 0.1) is 5.82 Å². The van der Waals surface area contributed by atoms with Gasteiger partial charge in [0, 0.05) is 18.3 Å². The van der Waals surface area contributed by atoms with Gasteiger partial charge in [0.2, 0.25) is 11.8 Å². The van der Waals surface area contributed by atoms with E-state index in [-0.39, 0.29) is 5.82 Å². The van der Waals surface area contributed by atoms with E-state index < -0.39 is 0 Å². The summed E-state index contributed by atoms with van der Waals surface area (Å²) in [6.45, 7) is 2.46. The van der Waals surface area contributed by atoms with E-state index in [1.165, 1.54) is 12.1 Å². The zero-order valence-corrected chi connectivity index (χ0v) is 15.2. The molecule has 1 aliphatic rings. The Hall–Kier alpha value is -3.13. The van der Waals surface area contributed by atoms with Gasteiger partial charge < -0.3 is 9.40 Å². The highest BCUT2D eigenvalue weighted by atomic mass is 19.1. The molecule has 1 fully saturated rings. The van der Waals surface area contributed by atoms with Crippen molar-refractivity contribution in [2.75, 3.05) is 13.1 Å². The lowest BCUT2D eigenvalue weighted by Gasteiger charge is -2.29. The molecule has 28 heavy (non-hydrogen) atoms. The summed E-state index contributed by atoms with van der Waals surface area (Å²) in [5, 5.41) is 8.28. The average molecular weight is 378 g/mol. The van der Waals surface area contributed by atoms with Gasteiger partial charge in [-0.05, 0) is 56.3 Å². The van der Waals surface area contributed by atoms with Crippen LogP contribution in [0.1, 0.15) is 30.5 Å². The summed E-state index contributed by atoms with van der Waals surface area (Å²) in [4.78, 5) is 14.3. The van der Waals surface area contributed by atoms with Crippen molar-refractivity contribution in [2.45, 2.75) is 25.3 Å². The molecule has 1 aliphatic heterocycles. The molecule has 1 N–H and O–H groups in total. The third-order valence-corrected chi connectivity index (χ3v) is 5.17. The van der Waals surface area contributed by atoms with Crippen LogP contribution in [0.5, 0.6) is 0 Å². The van der Waals surface area contributed by atoms with Crippen molar-refractivity contribution in [1.29, 1.82) is 0 Å². The molecule has 8 heteroatoms. The summed E-state index contributed by atoms with van der Waals surface area (Å²) >= 11 is 0. The highest BCUT2D eigenvalue weighted by molar-refractivity contribution is 5.75. The molecule has 4 heterocycles. The first-order valence-electron chi connectivity index (χ1n) is 9.35. The third-order valence-electron chi connectivity index (χ3n) is 5.17. The Morgan fingerprint density at radius 2 is 2.07 bits per heavy atom. The number of pyridine rings is 1. The van der Waals surface area contributed by atoms with Gasteiger partial charge in [0.15, 0.2) is 0 Å². The van der Waals surface area contributed by atoms with E-state index in [0.717, 1.165) is 48.4 Å². The normalized spacial score (nSPS) is 16.0. The summed E-state index contributed by atoms with van der Waals surface area (Å²) < 4.78 is 19.2. The van der Waals surface area contributed by atoms with Crippen LogP contribution in [-0.2, 0) is 6.54 Å². The number of hydrogen-bond acceptors (Lipinski definition) is 6. The number of aromatic amines is 1. The Balaban J connectivity index is 1.22. The molecule has 0 amide bonds. The summed E-state index contributed by atoms with van der Waals surface area (Å²) in [5.41, 5.74) is 2.39. The number of H-pyrrole nitrogens is 1. The van der Waals surface area contributed by atoms with E-state index in [0.29, 0.717) is 24.2 Å². The smallest absolute Gasteiger partial charge is 0.249 e. The lowest BCUT2D eigenvalue weighted by molar-refractivity contribution is 0.186. The highest BCUT2D eigenvalue weighted by Crippen LogP contribution is 2.28. The van der Waals surface area contributed by atoms with E-state index in [1.807, 2.05) is 12.1 Å². The number of piperidine rings is 1. The summed E-state index contributed by atoms with van der Waals surface area (Å²) in [6, 6.07) is 8.40. The van der Waals surface area contributed by atoms with Gasteiger partial charge in [-0.15, -0.1) is 10.2 Å². The Morgan fingerprint density at radius 3 is 2.89 bits per heavy atom. The van der Waals surface area contributed by atoms with Crippen molar-refractivity contribution < 1.29 is 8.81 Å². The van der Waals surface area contributed by atoms with Gasteiger partial charge in [-0.25, -0.2) is 9.37 Å². The van der Waals surface area contributed by atoms with Crippen molar-refractivity contribution in [3.8, 4) is 11.5 Å². The van der Waals surface area contributed by atoms with E-state index >= 15 is 0 Å². The van der Waals surface area contributed by atoms with Crippen molar-refractivity contribution >= 4 is 11.0 Å². The van der Waals surface area contributed by atoms with Crippen molar-refractivity contribution in [1.82, 2.24) is 30.0 Å². The van der Waals surface area contributed by atoms with Gasteiger partial charge in [-0.1, -0.05) is 0 Å². The van der Waals surface area contributed by atoms with Gasteiger partial charge >= 0.3 is 0 Å². The molecule has 1 saturated heterocycles. The summed E-state index contributed by atoms with van der Waals surface area (Å²) in [5.74, 6) is 2.14. The van der Waals surface area contributed by atoms with Gasteiger partial charge in [0.1, 0.15) is 11.6 Å². The predicted octanol–water partition coefficient (Wildman–Crippen LogP) is 3.53. The lowest BCUT2D eigenvalue weighted by atomic mass is 9.96. The van der Waals surface area contributed by atoms with Gasteiger partial charge in [-0.2, -0.15) is 0 Å². The summed E-state index contributed by atoms with van der Waals surface area (Å²) in [6.07, 6.45) is 5.38. The van der Waals surface area contributed by atoms with Crippen LogP contribution in [0.25, 0.3) is 22.5 Å². The van der Waals surface area contributed by atoms with E-state index in [2.05, 4.69) is 30.0 Å². The molecule has 142 valence electrons. The molecule has 0 aliphatic carbocycles. The number of benzene rings is 1. The van der Waals surface area contributed by atoms with Crippen LogP contribution < -0.4 is 0 Å². The second kappa shape index (κ2) is 7.12. The number of fused-ring (bicyclic) bond motifs is 1. The van der Waals surface area contributed by atoms with Crippen LogP contribution in [-0.4, -0.2) is 43.1 Å². The maximum Gasteiger partial charge on any atom is 0.249 e. The zero-order valence-electron chi connectivity index (χ0n) is 15.2. The first-order chi connectivity index (χ1) is 13.7. The topological polar surface area (TPSA) is 83.7 Å². The van der Waals surface area contributed by atoms with Crippen LogP contribution in [0.15, 0.2) is 47.1 Å². The fraction of sp³-hybridized carbons (Fsp3) is 0.300. The maximum absolute atomic E-state index is 13.4. The van der Waals surface area contributed by atoms with Crippen molar-refractivity contribution in [3.63, 3.8) is 0 Å². The number of nitrogens with zero attached hydrogens (tertiary/aromatic N) is 5. The predicted molar refractivity (Wildman–Crippen MR) is 101 cm³/mol. The lowest BCUT2D eigenvalue weighted by Crippen LogP contribution is -2.32. The van der Waals surface area contributed by atoms with Crippen LogP contribution in [0.3, 0.4) is 0 Å². The summed E-state index contributed by atoms with van der Waals surface area (Å²) in [7, 11) is 0. The highest BCUT2D eigenvalue weighted by Gasteiger charge is 2.24. The SMILES string of the molecule is Fc1ccc2nc(C3CCN(Cc4nnc(-c5cccnc5)o4)CC3)[nH]c2c1. The Labute approximate surface area is 160 Å². The molecule has 0 saturated carbocycles. The standard InChI is InChI=1S/C20H19FN6O/c21-15-3-4-16-17(10-15)24-19(23-16)13-5-8-27(9-6-13)12-18-25-26-20(28-18)14-2-1-7-22-11-14/h1-4,7,10-11,13H,5-6,8-9,12H2,(H,23,24). The Kier molecular flexibility index (Phi) is 4.32. The Bertz CT molecular complexity index is 1080. The zero-order chi connectivity index (χ0) is 18.9. The fourth-order valence-electron chi connectivity index (χ4n) is 3.67. The minimum atomic E-state index is -0.247. The van der Waals surface area contributed by atoms with E-state index in [9.17, 15) is 4.39 Å². The fourth-order valence-corrected chi connectivity index (χ4v) is 3.67. The minimum Gasteiger partial charge on any atom is -0.419 e. The number of nitrogens with one attached hydrogen (secondary N) is 1. The number of rotatable bonds is 4. The maximum atomic E-state index is 13.4. The first kappa shape index (κ1) is 17.0. The molecule has 0 spiro atoms. The van der Waals surface area contributed by atoms with Crippen molar-refractivity contribution in [3.05, 3.63) is 60.3 Å². The van der Waals surface area contributed by atoms with Crippen LogP contribution in [0.2, 0.25) is 0 Å². The molecule has 1 aromatic carbocycles. The molecule has 7 nitrogen and oxygen atoms in total. The molecule has 0 bridgehead atoms. The van der Waals surface area contributed by atoms with Gasteiger partial charge in [0.25, 0.3) is 0 Å². The van der Waals surface area contributed by atoms with Crippen LogP contribution >= 0.6 is 0 Å². The first-order valence-corrected chi connectivity index (χ1v) is 9.35. The molecular formula is C20H19FN6O. The van der Waals surface area contributed by atoms with Gasteiger partial charge in [-0.3, -0.25) is 9.88 Å². The molecule has 3 aromatic heterocycles. The molecule has 4 aromatic rings. The molecule has 5 rings (SSSR count). The van der Waals surface area contributed by atoms with E-state index in [1.54, 1.807) is 18.5 Å². The van der Waals surface area contributed by atoms with E-state index in [4.69, 9.17) is 4.42 Å². The monoisotopic (exact) mass is 378 g/mol. The number of hydrogen-bond donors (Lipinski definition) is 1. The van der Waals surface area contributed by atoms with Crippen LogP contribution in [0.4, 0.5) is 4.39 Å². The molecule has 0 unspecified atom stereocenters. The number of halogens is 1. The third kappa shape index (κ3) is 3.38. The minimum absolute atomic E-state index is 0.247. The van der Waals surface area contributed by atoms with Gasteiger partial charge in [0.05, 0.1) is 23.1 Å². The Morgan fingerprint density at radius 1 is 1.18 bits per heavy atom.